The zero-order valence-corrected chi connectivity index (χ0v) is 12.5. The summed E-state index contributed by atoms with van der Waals surface area (Å²) in [6, 6.07) is 7.58. The van der Waals surface area contributed by atoms with Gasteiger partial charge in [-0.1, -0.05) is 6.07 Å². The van der Waals surface area contributed by atoms with Crippen molar-refractivity contribution in [3.8, 4) is 0 Å². The second-order valence-electron chi connectivity index (χ2n) is 5.62. The molecule has 21 heavy (non-hydrogen) atoms. The Balaban J connectivity index is 1.91. The maximum atomic E-state index is 11.9. The molecule has 1 atom stereocenters. The Kier molecular flexibility index (Phi) is 5.33. The molecule has 1 unspecified atom stereocenters. The molecule has 0 aliphatic carbocycles. The summed E-state index contributed by atoms with van der Waals surface area (Å²) in [5.41, 5.74) is 7.25. The lowest BCUT2D eigenvalue weighted by molar-refractivity contribution is -0.117. The van der Waals surface area contributed by atoms with E-state index in [1.54, 1.807) is 4.90 Å². The van der Waals surface area contributed by atoms with E-state index in [0.29, 0.717) is 12.8 Å². The van der Waals surface area contributed by atoms with Crippen molar-refractivity contribution in [1.82, 2.24) is 0 Å². The fourth-order valence-electron chi connectivity index (χ4n) is 2.48. The number of nitrogens with zero attached hydrogens (tertiary/aromatic N) is 1. The highest BCUT2D eigenvalue weighted by molar-refractivity contribution is 5.97. The molecule has 0 saturated carbocycles. The van der Waals surface area contributed by atoms with Crippen LogP contribution < -0.4 is 16.0 Å². The van der Waals surface area contributed by atoms with Gasteiger partial charge in [-0.05, 0) is 44.4 Å². The smallest absolute Gasteiger partial charge is 0.227 e. The van der Waals surface area contributed by atoms with Gasteiger partial charge in [-0.25, -0.2) is 0 Å². The molecule has 2 amide bonds. The number of carbonyl (C=O) groups is 2. The zero-order chi connectivity index (χ0) is 15.2. The van der Waals surface area contributed by atoms with E-state index in [1.165, 1.54) is 0 Å². The summed E-state index contributed by atoms with van der Waals surface area (Å²) in [7, 11) is 0. The van der Waals surface area contributed by atoms with Gasteiger partial charge in [0.15, 0.2) is 0 Å². The van der Waals surface area contributed by atoms with Crippen molar-refractivity contribution in [2.45, 2.75) is 45.1 Å². The molecule has 1 saturated heterocycles. The predicted molar refractivity (Wildman–Crippen MR) is 84.2 cm³/mol. The van der Waals surface area contributed by atoms with Crippen molar-refractivity contribution in [2.24, 2.45) is 5.73 Å². The molecule has 1 aliphatic rings. The minimum atomic E-state index is -0.0134. The SMILES string of the molecule is CC(N)CCCC(=O)Nc1cccc(N2CCCC2=O)c1. The molecule has 5 nitrogen and oxygen atoms in total. The molecule has 0 aromatic heterocycles. The minimum Gasteiger partial charge on any atom is -0.328 e. The highest BCUT2D eigenvalue weighted by Crippen LogP contribution is 2.24. The minimum absolute atomic E-state index is 0.0134. The first-order chi connectivity index (χ1) is 10.1. The molecule has 1 heterocycles. The van der Waals surface area contributed by atoms with Gasteiger partial charge < -0.3 is 16.0 Å². The van der Waals surface area contributed by atoms with Crippen LogP contribution in [0.15, 0.2) is 24.3 Å². The van der Waals surface area contributed by atoms with E-state index >= 15 is 0 Å². The van der Waals surface area contributed by atoms with Crippen LogP contribution in [0.25, 0.3) is 0 Å². The predicted octanol–water partition coefficient (Wildman–Crippen LogP) is 2.27. The summed E-state index contributed by atoms with van der Waals surface area (Å²) in [6.07, 6.45) is 3.60. The highest BCUT2D eigenvalue weighted by Gasteiger charge is 2.21. The van der Waals surface area contributed by atoms with Crippen molar-refractivity contribution >= 4 is 23.2 Å². The van der Waals surface area contributed by atoms with Crippen LogP contribution in [0.4, 0.5) is 11.4 Å². The maximum absolute atomic E-state index is 11.9. The summed E-state index contributed by atoms with van der Waals surface area (Å²) < 4.78 is 0. The monoisotopic (exact) mass is 289 g/mol. The molecule has 3 N–H and O–H groups in total. The summed E-state index contributed by atoms with van der Waals surface area (Å²) >= 11 is 0. The summed E-state index contributed by atoms with van der Waals surface area (Å²) in [5, 5.41) is 2.88. The van der Waals surface area contributed by atoms with Crippen molar-refractivity contribution in [3.05, 3.63) is 24.3 Å². The molecule has 0 radical (unpaired) electrons. The fourth-order valence-corrected chi connectivity index (χ4v) is 2.48. The quantitative estimate of drug-likeness (QED) is 0.843. The summed E-state index contributed by atoms with van der Waals surface area (Å²) in [4.78, 5) is 25.4. The number of amides is 2. The number of benzene rings is 1. The zero-order valence-electron chi connectivity index (χ0n) is 12.5. The van der Waals surface area contributed by atoms with Gasteiger partial charge in [0, 0.05) is 36.8 Å². The molecule has 1 aromatic rings. The largest absolute Gasteiger partial charge is 0.328 e. The molecule has 5 heteroatoms. The Bertz CT molecular complexity index is 514. The molecule has 0 bridgehead atoms. The van der Waals surface area contributed by atoms with Crippen LogP contribution >= 0.6 is 0 Å². The van der Waals surface area contributed by atoms with E-state index in [-0.39, 0.29) is 17.9 Å². The Morgan fingerprint density at radius 2 is 2.29 bits per heavy atom. The van der Waals surface area contributed by atoms with Crippen LogP contribution in [0, 0.1) is 0 Å². The topological polar surface area (TPSA) is 75.4 Å². The van der Waals surface area contributed by atoms with Crippen LogP contribution in [0.5, 0.6) is 0 Å². The average Bonchev–Trinajstić information content (AvgIpc) is 2.85. The van der Waals surface area contributed by atoms with Gasteiger partial charge in [0.1, 0.15) is 0 Å². The van der Waals surface area contributed by atoms with E-state index in [2.05, 4.69) is 5.32 Å². The van der Waals surface area contributed by atoms with Crippen LogP contribution in [0.2, 0.25) is 0 Å². The second kappa shape index (κ2) is 7.22. The third kappa shape index (κ3) is 4.56. The molecule has 1 fully saturated rings. The normalized spacial score (nSPS) is 16.1. The first kappa shape index (κ1) is 15.5. The van der Waals surface area contributed by atoms with E-state index in [4.69, 9.17) is 5.73 Å². The van der Waals surface area contributed by atoms with Gasteiger partial charge in [0.2, 0.25) is 11.8 Å². The van der Waals surface area contributed by atoms with Crippen molar-refractivity contribution in [2.75, 3.05) is 16.8 Å². The summed E-state index contributed by atoms with van der Waals surface area (Å²) in [5.74, 6) is 0.135. The maximum Gasteiger partial charge on any atom is 0.227 e. The van der Waals surface area contributed by atoms with Gasteiger partial charge in [-0.2, -0.15) is 0 Å². The van der Waals surface area contributed by atoms with Gasteiger partial charge in [0.25, 0.3) is 0 Å². The van der Waals surface area contributed by atoms with Crippen molar-refractivity contribution in [3.63, 3.8) is 0 Å². The number of anilines is 2. The third-order valence-corrected chi connectivity index (χ3v) is 3.58. The lowest BCUT2D eigenvalue weighted by Crippen LogP contribution is -2.23. The van der Waals surface area contributed by atoms with Crippen molar-refractivity contribution < 1.29 is 9.59 Å². The molecule has 1 aliphatic heterocycles. The Hall–Kier alpha value is -1.88. The molecule has 114 valence electrons. The second-order valence-corrected chi connectivity index (χ2v) is 5.62. The lowest BCUT2D eigenvalue weighted by Gasteiger charge is -2.16. The van der Waals surface area contributed by atoms with E-state index < -0.39 is 0 Å². The Morgan fingerprint density at radius 3 is 2.95 bits per heavy atom. The van der Waals surface area contributed by atoms with Crippen LogP contribution in [0.3, 0.4) is 0 Å². The van der Waals surface area contributed by atoms with E-state index in [1.807, 2.05) is 31.2 Å². The first-order valence-electron chi connectivity index (χ1n) is 7.52. The third-order valence-electron chi connectivity index (χ3n) is 3.58. The van der Waals surface area contributed by atoms with Crippen molar-refractivity contribution in [1.29, 1.82) is 0 Å². The Labute approximate surface area is 125 Å². The average molecular weight is 289 g/mol. The van der Waals surface area contributed by atoms with Crippen LogP contribution in [-0.2, 0) is 9.59 Å². The van der Waals surface area contributed by atoms with Gasteiger partial charge in [0.05, 0.1) is 0 Å². The number of nitrogens with one attached hydrogen (secondary N) is 1. The molecular weight excluding hydrogens is 266 g/mol. The number of hydrogen-bond acceptors (Lipinski definition) is 3. The van der Waals surface area contributed by atoms with E-state index in [9.17, 15) is 9.59 Å². The first-order valence-corrected chi connectivity index (χ1v) is 7.52. The standard InChI is InChI=1S/C16H23N3O2/c1-12(17)5-2-8-15(20)18-13-6-3-7-14(11-13)19-10-4-9-16(19)21/h3,6-7,11-12H,2,4-5,8-10,17H2,1H3,(H,18,20). The van der Waals surface area contributed by atoms with E-state index in [0.717, 1.165) is 37.2 Å². The highest BCUT2D eigenvalue weighted by atomic mass is 16.2. The number of hydrogen-bond donors (Lipinski definition) is 2. The number of nitrogens with two attached hydrogens (primary N) is 1. The summed E-state index contributed by atoms with van der Waals surface area (Å²) in [6.45, 7) is 2.69. The number of rotatable bonds is 6. The van der Waals surface area contributed by atoms with Gasteiger partial charge in [-0.3, -0.25) is 9.59 Å². The van der Waals surface area contributed by atoms with Crippen LogP contribution in [0.1, 0.15) is 39.0 Å². The molecular formula is C16H23N3O2. The van der Waals surface area contributed by atoms with Crippen LogP contribution in [-0.4, -0.2) is 24.4 Å². The molecule has 0 spiro atoms. The molecule has 2 rings (SSSR count). The van der Waals surface area contributed by atoms with Gasteiger partial charge in [-0.15, -0.1) is 0 Å². The van der Waals surface area contributed by atoms with Gasteiger partial charge >= 0.3 is 0 Å². The Morgan fingerprint density at radius 1 is 1.48 bits per heavy atom. The number of carbonyl (C=O) groups excluding carboxylic acids is 2. The molecule has 1 aromatic carbocycles. The lowest BCUT2D eigenvalue weighted by atomic mass is 10.1. The fraction of sp³-hybridized carbons (Fsp3) is 0.500.